The highest BCUT2D eigenvalue weighted by atomic mass is 35.5. The standard InChI is InChI=1S/C21H31N3O.ClH/c1-22-16-20-15-21(25-17-19-11-6-3-7-12-19)24(23-20)14-8-13-18-9-4-2-5-10-18;/h3,6-7,11-12,15,18,22H,2,4-5,8-10,13-14,16-17H2,1H3;1H. The van der Waals surface area contributed by atoms with Gasteiger partial charge in [-0.05, 0) is 31.4 Å². The smallest absolute Gasteiger partial charge is 0.212 e. The summed E-state index contributed by atoms with van der Waals surface area (Å²) in [4.78, 5) is 0. The summed E-state index contributed by atoms with van der Waals surface area (Å²) in [6.45, 7) is 2.32. The molecule has 0 bridgehead atoms. The van der Waals surface area contributed by atoms with Crippen molar-refractivity contribution in [1.82, 2.24) is 15.1 Å². The zero-order valence-corrected chi connectivity index (χ0v) is 16.6. The van der Waals surface area contributed by atoms with Crippen molar-refractivity contribution in [3.05, 3.63) is 47.7 Å². The summed E-state index contributed by atoms with van der Waals surface area (Å²) in [5, 5.41) is 7.90. The highest BCUT2D eigenvalue weighted by molar-refractivity contribution is 5.85. The summed E-state index contributed by atoms with van der Waals surface area (Å²) in [6.07, 6.45) is 9.62. The third kappa shape index (κ3) is 6.33. The van der Waals surface area contributed by atoms with Gasteiger partial charge in [0.1, 0.15) is 6.61 Å². The second-order valence-electron chi connectivity index (χ2n) is 7.15. The van der Waals surface area contributed by atoms with E-state index >= 15 is 0 Å². The van der Waals surface area contributed by atoms with Crippen LogP contribution in [0.3, 0.4) is 0 Å². The second-order valence-corrected chi connectivity index (χ2v) is 7.15. The number of benzene rings is 1. The number of hydrogen-bond acceptors (Lipinski definition) is 3. The van der Waals surface area contributed by atoms with Gasteiger partial charge in [-0.15, -0.1) is 12.4 Å². The van der Waals surface area contributed by atoms with E-state index < -0.39 is 0 Å². The van der Waals surface area contributed by atoms with Crippen LogP contribution in [0.15, 0.2) is 36.4 Å². The lowest BCUT2D eigenvalue weighted by Gasteiger charge is -2.21. The van der Waals surface area contributed by atoms with E-state index in [2.05, 4.69) is 28.2 Å². The number of aryl methyl sites for hydroxylation is 1. The van der Waals surface area contributed by atoms with Gasteiger partial charge in [0.25, 0.3) is 0 Å². The maximum absolute atomic E-state index is 6.07. The van der Waals surface area contributed by atoms with E-state index in [4.69, 9.17) is 9.84 Å². The highest BCUT2D eigenvalue weighted by Crippen LogP contribution is 2.27. The molecule has 0 radical (unpaired) electrons. The Hall–Kier alpha value is -1.52. The van der Waals surface area contributed by atoms with E-state index in [0.717, 1.165) is 30.6 Å². The molecule has 0 aliphatic heterocycles. The summed E-state index contributed by atoms with van der Waals surface area (Å²) in [7, 11) is 1.95. The molecule has 4 nitrogen and oxygen atoms in total. The number of ether oxygens (including phenoxy) is 1. The van der Waals surface area contributed by atoms with Crippen molar-refractivity contribution >= 4 is 12.4 Å². The first-order valence-corrected chi connectivity index (χ1v) is 9.73. The summed E-state index contributed by atoms with van der Waals surface area (Å²) in [5.41, 5.74) is 2.23. The molecule has 0 atom stereocenters. The molecule has 0 spiro atoms. The van der Waals surface area contributed by atoms with Gasteiger partial charge >= 0.3 is 0 Å². The average molecular weight is 378 g/mol. The summed E-state index contributed by atoms with van der Waals surface area (Å²) >= 11 is 0. The van der Waals surface area contributed by atoms with Crippen molar-refractivity contribution in [1.29, 1.82) is 0 Å². The molecule has 0 amide bonds. The first kappa shape index (κ1) is 20.8. The van der Waals surface area contributed by atoms with Crippen LogP contribution in [-0.4, -0.2) is 16.8 Å². The van der Waals surface area contributed by atoms with Crippen molar-refractivity contribution in [2.24, 2.45) is 5.92 Å². The minimum absolute atomic E-state index is 0. The van der Waals surface area contributed by atoms with Crippen molar-refractivity contribution in [2.45, 2.75) is 64.6 Å². The Kier molecular flexibility index (Phi) is 8.99. The number of rotatable bonds is 9. The predicted molar refractivity (Wildman–Crippen MR) is 109 cm³/mol. The van der Waals surface area contributed by atoms with Crippen LogP contribution in [0.2, 0.25) is 0 Å². The number of hydrogen-bond donors (Lipinski definition) is 1. The average Bonchev–Trinajstić information content (AvgIpc) is 3.04. The van der Waals surface area contributed by atoms with Gasteiger partial charge in [0.2, 0.25) is 5.88 Å². The van der Waals surface area contributed by atoms with E-state index in [1.165, 1.54) is 50.5 Å². The Labute approximate surface area is 163 Å². The fraction of sp³-hybridized carbons (Fsp3) is 0.571. The van der Waals surface area contributed by atoms with Gasteiger partial charge in [0.15, 0.2) is 0 Å². The number of aromatic nitrogens is 2. The van der Waals surface area contributed by atoms with Crippen molar-refractivity contribution < 1.29 is 4.74 Å². The van der Waals surface area contributed by atoms with Gasteiger partial charge in [0.05, 0.1) is 5.69 Å². The molecule has 1 heterocycles. The maximum Gasteiger partial charge on any atom is 0.212 e. The Morgan fingerprint density at radius 2 is 1.92 bits per heavy atom. The van der Waals surface area contributed by atoms with Gasteiger partial charge in [-0.25, -0.2) is 4.68 Å². The van der Waals surface area contributed by atoms with Crippen LogP contribution < -0.4 is 10.1 Å². The number of nitrogens with one attached hydrogen (secondary N) is 1. The van der Waals surface area contributed by atoms with Gasteiger partial charge in [-0.3, -0.25) is 0 Å². The lowest BCUT2D eigenvalue weighted by atomic mass is 9.86. The quantitative estimate of drug-likeness (QED) is 0.671. The molecule has 1 aromatic heterocycles. The first-order valence-electron chi connectivity index (χ1n) is 9.73. The molecule has 1 aliphatic rings. The number of nitrogens with zero attached hydrogens (tertiary/aromatic N) is 2. The lowest BCUT2D eigenvalue weighted by molar-refractivity contribution is 0.265. The van der Waals surface area contributed by atoms with Crippen molar-refractivity contribution in [3.63, 3.8) is 0 Å². The van der Waals surface area contributed by atoms with Gasteiger partial charge in [-0.1, -0.05) is 62.4 Å². The minimum Gasteiger partial charge on any atom is -0.473 e. The van der Waals surface area contributed by atoms with E-state index in [1.807, 2.05) is 25.2 Å². The van der Waals surface area contributed by atoms with Crippen LogP contribution in [0.1, 0.15) is 56.2 Å². The normalized spacial score (nSPS) is 14.8. The Morgan fingerprint density at radius 1 is 1.15 bits per heavy atom. The molecule has 3 rings (SSSR count). The van der Waals surface area contributed by atoms with Crippen LogP contribution in [0, 0.1) is 5.92 Å². The monoisotopic (exact) mass is 377 g/mol. The van der Waals surface area contributed by atoms with Crippen LogP contribution in [0.5, 0.6) is 5.88 Å². The molecule has 2 aromatic rings. The summed E-state index contributed by atoms with van der Waals surface area (Å²) < 4.78 is 8.12. The van der Waals surface area contributed by atoms with Crippen LogP contribution in [-0.2, 0) is 19.7 Å². The zero-order chi connectivity index (χ0) is 17.3. The Morgan fingerprint density at radius 3 is 2.65 bits per heavy atom. The van der Waals surface area contributed by atoms with E-state index in [-0.39, 0.29) is 12.4 Å². The summed E-state index contributed by atoms with van der Waals surface area (Å²) in [6, 6.07) is 12.4. The lowest BCUT2D eigenvalue weighted by Crippen LogP contribution is -2.10. The van der Waals surface area contributed by atoms with Crippen molar-refractivity contribution in [2.75, 3.05) is 7.05 Å². The second kappa shape index (κ2) is 11.2. The summed E-state index contributed by atoms with van der Waals surface area (Å²) in [5.74, 6) is 1.81. The highest BCUT2D eigenvalue weighted by Gasteiger charge is 2.14. The molecular formula is C21H32ClN3O. The SMILES string of the molecule is CNCc1cc(OCc2ccccc2)n(CCCC2CCCCC2)n1.Cl. The molecule has 1 saturated carbocycles. The molecule has 26 heavy (non-hydrogen) atoms. The molecule has 0 saturated heterocycles. The fourth-order valence-corrected chi connectivity index (χ4v) is 3.73. The van der Waals surface area contributed by atoms with Crippen molar-refractivity contribution in [3.8, 4) is 5.88 Å². The Bertz CT molecular complexity index is 623. The maximum atomic E-state index is 6.07. The van der Waals surface area contributed by atoms with E-state index in [9.17, 15) is 0 Å². The topological polar surface area (TPSA) is 39.1 Å². The van der Waals surface area contributed by atoms with Crippen LogP contribution in [0.4, 0.5) is 0 Å². The molecule has 1 N–H and O–H groups in total. The molecular weight excluding hydrogens is 346 g/mol. The molecule has 1 aromatic carbocycles. The van der Waals surface area contributed by atoms with Gasteiger partial charge in [-0.2, -0.15) is 5.10 Å². The van der Waals surface area contributed by atoms with Crippen LogP contribution in [0.25, 0.3) is 0 Å². The molecule has 1 fully saturated rings. The molecule has 144 valence electrons. The van der Waals surface area contributed by atoms with E-state index in [1.54, 1.807) is 0 Å². The van der Waals surface area contributed by atoms with Crippen LogP contribution >= 0.6 is 12.4 Å². The predicted octanol–water partition coefficient (Wildman–Crippen LogP) is 4.96. The Balaban J connectivity index is 0.00000243. The largest absolute Gasteiger partial charge is 0.473 e. The first-order chi connectivity index (χ1) is 12.3. The number of halogens is 1. The molecule has 0 unspecified atom stereocenters. The van der Waals surface area contributed by atoms with Gasteiger partial charge in [0, 0.05) is 19.2 Å². The zero-order valence-electron chi connectivity index (χ0n) is 15.8. The minimum atomic E-state index is 0. The van der Waals surface area contributed by atoms with Gasteiger partial charge < -0.3 is 10.1 Å². The third-order valence-electron chi connectivity index (χ3n) is 5.09. The van der Waals surface area contributed by atoms with E-state index in [0.29, 0.717) is 6.61 Å². The molecule has 1 aliphatic carbocycles. The third-order valence-corrected chi connectivity index (χ3v) is 5.09. The molecule has 5 heteroatoms. The fourth-order valence-electron chi connectivity index (χ4n) is 3.73.